The molecule has 0 spiro atoms. The maximum absolute atomic E-state index is 13.1. The van der Waals surface area contributed by atoms with E-state index < -0.39 is 15.8 Å². The molecule has 2 aromatic carbocycles. The Kier molecular flexibility index (Phi) is 5.91. The second-order valence-corrected chi connectivity index (χ2v) is 9.37. The third-order valence-corrected chi connectivity index (χ3v) is 7.00. The molecule has 3 aromatic rings. The number of aromatic nitrogens is 1. The zero-order chi connectivity index (χ0) is 20.3. The van der Waals surface area contributed by atoms with Gasteiger partial charge in [-0.3, -0.25) is 9.62 Å². The predicted octanol–water partition coefficient (Wildman–Crippen LogP) is 3.58. The van der Waals surface area contributed by atoms with Crippen molar-refractivity contribution in [2.75, 3.05) is 31.0 Å². The Morgan fingerprint density at radius 3 is 2.45 bits per heavy atom. The number of thiazole rings is 1. The summed E-state index contributed by atoms with van der Waals surface area (Å²) in [4.78, 5) is 7.81. The van der Waals surface area contributed by atoms with E-state index in [-0.39, 0.29) is 10.0 Å². The van der Waals surface area contributed by atoms with Crippen molar-refractivity contribution < 1.29 is 17.5 Å². The van der Waals surface area contributed by atoms with Gasteiger partial charge in [0.2, 0.25) is 0 Å². The minimum Gasteiger partial charge on any atom is -0.379 e. The Morgan fingerprint density at radius 2 is 1.76 bits per heavy atom. The highest BCUT2D eigenvalue weighted by atomic mass is 32.2. The van der Waals surface area contributed by atoms with Crippen LogP contribution in [0.2, 0.25) is 0 Å². The van der Waals surface area contributed by atoms with Crippen LogP contribution in [0.3, 0.4) is 0 Å². The molecule has 9 heteroatoms. The number of ether oxygens (including phenoxy) is 1. The lowest BCUT2D eigenvalue weighted by molar-refractivity contribution is 0.0347. The van der Waals surface area contributed by atoms with Crippen LogP contribution in [0.5, 0.6) is 0 Å². The van der Waals surface area contributed by atoms with Gasteiger partial charge in [-0.05, 0) is 24.3 Å². The summed E-state index contributed by atoms with van der Waals surface area (Å²) in [6, 6.07) is 14.4. The molecule has 1 N–H and O–H groups in total. The summed E-state index contributed by atoms with van der Waals surface area (Å²) in [7, 11) is -3.85. The molecule has 1 fully saturated rings. The molecule has 0 aliphatic carbocycles. The molecule has 152 valence electrons. The van der Waals surface area contributed by atoms with Crippen LogP contribution in [0.15, 0.2) is 59.5 Å². The van der Waals surface area contributed by atoms with Gasteiger partial charge >= 0.3 is 0 Å². The van der Waals surface area contributed by atoms with E-state index in [1.807, 2.05) is 30.3 Å². The van der Waals surface area contributed by atoms with Crippen LogP contribution in [0, 0.1) is 5.82 Å². The van der Waals surface area contributed by atoms with Crippen LogP contribution in [0.25, 0.3) is 11.3 Å². The predicted molar refractivity (Wildman–Crippen MR) is 111 cm³/mol. The average molecular weight is 434 g/mol. The smallest absolute Gasteiger partial charge is 0.263 e. The van der Waals surface area contributed by atoms with Crippen molar-refractivity contribution in [1.82, 2.24) is 9.88 Å². The topological polar surface area (TPSA) is 71.5 Å². The Bertz CT molecular complexity index is 1060. The first-order valence-corrected chi connectivity index (χ1v) is 11.4. The van der Waals surface area contributed by atoms with E-state index in [2.05, 4.69) is 14.6 Å². The van der Waals surface area contributed by atoms with Gasteiger partial charge in [-0.15, -0.1) is 0 Å². The highest BCUT2D eigenvalue weighted by Gasteiger charge is 2.21. The molecule has 0 amide bonds. The Balaban J connectivity index is 1.64. The molecule has 4 rings (SSSR count). The van der Waals surface area contributed by atoms with Gasteiger partial charge < -0.3 is 4.74 Å². The second kappa shape index (κ2) is 8.58. The van der Waals surface area contributed by atoms with E-state index in [0.29, 0.717) is 19.8 Å². The van der Waals surface area contributed by atoms with Gasteiger partial charge in [-0.1, -0.05) is 41.7 Å². The van der Waals surface area contributed by atoms with E-state index >= 15 is 0 Å². The minimum absolute atomic E-state index is 0.00918. The van der Waals surface area contributed by atoms with E-state index in [4.69, 9.17) is 4.74 Å². The highest BCUT2D eigenvalue weighted by Crippen LogP contribution is 2.33. The van der Waals surface area contributed by atoms with Gasteiger partial charge in [-0.25, -0.2) is 17.8 Å². The largest absolute Gasteiger partial charge is 0.379 e. The van der Waals surface area contributed by atoms with Crippen LogP contribution in [0.1, 0.15) is 4.88 Å². The normalized spacial score (nSPS) is 15.3. The number of hydrogen-bond acceptors (Lipinski definition) is 6. The van der Waals surface area contributed by atoms with E-state index in [9.17, 15) is 12.8 Å². The van der Waals surface area contributed by atoms with Gasteiger partial charge in [0.1, 0.15) is 5.82 Å². The van der Waals surface area contributed by atoms with Crippen LogP contribution in [-0.2, 0) is 21.3 Å². The quantitative estimate of drug-likeness (QED) is 0.643. The van der Waals surface area contributed by atoms with E-state index in [0.717, 1.165) is 41.4 Å². The van der Waals surface area contributed by atoms with Gasteiger partial charge in [0.15, 0.2) is 5.13 Å². The van der Waals surface area contributed by atoms with E-state index in [1.54, 1.807) is 0 Å². The fourth-order valence-corrected chi connectivity index (χ4v) is 5.34. The summed E-state index contributed by atoms with van der Waals surface area (Å²) in [6.45, 7) is 3.68. The number of nitrogens with one attached hydrogen (secondary N) is 1. The van der Waals surface area contributed by atoms with Crippen molar-refractivity contribution in [3.05, 3.63) is 65.3 Å². The Morgan fingerprint density at radius 1 is 1.07 bits per heavy atom. The third kappa shape index (κ3) is 4.81. The number of halogens is 1. The number of morpholine rings is 1. The number of hydrogen-bond donors (Lipinski definition) is 1. The molecular weight excluding hydrogens is 413 g/mol. The third-order valence-electron chi connectivity index (χ3n) is 4.56. The minimum atomic E-state index is -3.85. The van der Waals surface area contributed by atoms with Crippen LogP contribution >= 0.6 is 11.3 Å². The van der Waals surface area contributed by atoms with Crippen molar-refractivity contribution in [3.63, 3.8) is 0 Å². The molecule has 1 aromatic heterocycles. The van der Waals surface area contributed by atoms with Crippen LogP contribution in [-0.4, -0.2) is 44.6 Å². The Labute approximate surface area is 173 Å². The monoisotopic (exact) mass is 433 g/mol. The van der Waals surface area contributed by atoms with Crippen LogP contribution < -0.4 is 4.72 Å². The fourth-order valence-electron chi connectivity index (χ4n) is 3.07. The summed E-state index contributed by atoms with van der Waals surface area (Å²) in [6.07, 6.45) is 0. The summed E-state index contributed by atoms with van der Waals surface area (Å²) < 4.78 is 46.4. The van der Waals surface area contributed by atoms with Crippen molar-refractivity contribution in [1.29, 1.82) is 0 Å². The average Bonchev–Trinajstić information content (AvgIpc) is 3.11. The fraction of sp³-hybridized carbons (Fsp3) is 0.250. The molecule has 0 saturated carbocycles. The van der Waals surface area contributed by atoms with Gasteiger partial charge in [-0.2, -0.15) is 0 Å². The molecule has 6 nitrogen and oxygen atoms in total. The zero-order valence-electron chi connectivity index (χ0n) is 15.5. The lowest BCUT2D eigenvalue weighted by atomic mass is 10.1. The molecule has 0 radical (unpaired) electrons. The lowest BCUT2D eigenvalue weighted by Gasteiger charge is -2.26. The standard InChI is InChI=1S/C20H20FN3O3S2/c21-16-6-8-17(9-7-16)29(25,26)23-20-22-19(15-4-2-1-3-5-15)18(28-20)14-24-10-12-27-13-11-24/h1-9H,10-14H2,(H,22,23). The highest BCUT2D eigenvalue weighted by molar-refractivity contribution is 7.93. The molecular formula is C20H20FN3O3S2. The van der Waals surface area contributed by atoms with Gasteiger partial charge in [0.05, 0.1) is 23.8 Å². The molecule has 29 heavy (non-hydrogen) atoms. The number of rotatable bonds is 6. The van der Waals surface area contributed by atoms with Crippen molar-refractivity contribution in [2.24, 2.45) is 0 Å². The molecule has 2 heterocycles. The van der Waals surface area contributed by atoms with E-state index in [1.165, 1.54) is 23.5 Å². The molecule has 0 unspecified atom stereocenters. The van der Waals surface area contributed by atoms with Crippen molar-refractivity contribution >= 4 is 26.5 Å². The number of sulfonamides is 1. The zero-order valence-corrected chi connectivity index (χ0v) is 17.2. The molecule has 1 aliphatic heterocycles. The number of benzene rings is 2. The van der Waals surface area contributed by atoms with Crippen molar-refractivity contribution in [3.8, 4) is 11.3 Å². The van der Waals surface area contributed by atoms with Crippen LogP contribution in [0.4, 0.5) is 9.52 Å². The molecule has 1 saturated heterocycles. The molecule has 0 bridgehead atoms. The maximum atomic E-state index is 13.1. The maximum Gasteiger partial charge on any atom is 0.263 e. The first kappa shape index (κ1) is 20.0. The summed E-state index contributed by atoms with van der Waals surface area (Å²) in [5.74, 6) is -0.489. The first-order chi connectivity index (χ1) is 14.0. The summed E-state index contributed by atoms with van der Waals surface area (Å²) in [5, 5.41) is 0.288. The number of anilines is 1. The summed E-state index contributed by atoms with van der Waals surface area (Å²) >= 11 is 1.31. The Hall–Kier alpha value is -2.33. The van der Waals surface area contributed by atoms with Gasteiger partial charge in [0, 0.05) is 30.1 Å². The lowest BCUT2D eigenvalue weighted by Crippen LogP contribution is -2.35. The molecule has 0 atom stereocenters. The SMILES string of the molecule is O=S(=O)(Nc1nc(-c2ccccc2)c(CN2CCOCC2)s1)c1ccc(F)cc1. The summed E-state index contributed by atoms with van der Waals surface area (Å²) in [5.41, 5.74) is 1.69. The second-order valence-electron chi connectivity index (χ2n) is 6.60. The van der Waals surface area contributed by atoms with Gasteiger partial charge in [0.25, 0.3) is 10.0 Å². The van der Waals surface area contributed by atoms with Crippen molar-refractivity contribution in [2.45, 2.75) is 11.4 Å². The molecule has 1 aliphatic rings. The first-order valence-electron chi connectivity index (χ1n) is 9.15. The number of nitrogens with zero attached hydrogens (tertiary/aromatic N) is 2.